The topological polar surface area (TPSA) is 64.4 Å². The summed E-state index contributed by atoms with van der Waals surface area (Å²) < 4.78 is 8.75. The molecule has 0 bridgehead atoms. The van der Waals surface area contributed by atoms with Gasteiger partial charge in [0.25, 0.3) is 0 Å². The van der Waals surface area contributed by atoms with Crippen LogP contribution in [-0.2, 0) is 9.52 Å². The van der Waals surface area contributed by atoms with Crippen molar-refractivity contribution in [2.75, 3.05) is 0 Å². The van der Waals surface area contributed by atoms with Crippen molar-refractivity contribution in [2.24, 2.45) is 5.90 Å². The van der Waals surface area contributed by atoms with E-state index in [-0.39, 0.29) is 0 Å². The van der Waals surface area contributed by atoms with Gasteiger partial charge >= 0.3 is 8.60 Å². The van der Waals surface area contributed by atoms with E-state index in [2.05, 4.69) is 10.5 Å². The number of hydrogen-bond donors (Lipinski definition) is 1. The summed E-state index contributed by atoms with van der Waals surface area (Å²) in [5.74, 6) is 5.12. The highest BCUT2D eigenvalue weighted by atomic mass is 31.2. The maximum Gasteiger partial charge on any atom is 0.445 e. The Bertz CT molecular complexity index is 239. The van der Waals surface area contributed by atoms with Crippen molar-refractivity contribution >= 4 is 8.60 Å². The third-order valence-corrected chi connectivity index (χ3v) is 1.82. The van der Waals surface area contributed by atoms with Gasteiger partial charge in [-0.05, 0) is 19.1 Å². The molecule has 1 atom stereocenters. The maximum atomic E-state index is 10.6. The van der Waals surface area contributed by atoms with Crippen molar-refractivity contribution in [3.8, 4) is 5.75 Å². The Labute approximate surface area is 71.9 Å². The summed E-state index contributed by atoms with van der Waals surface area (Å²) in [5.41, 5.74) is 1.10. The van der Waals surface area contributed by atoms with Crippen LogP contribution in [0, 0.1) is 6.92 Å². The van der Waals surface area contributed by atoms with Gasteiger partial charge in [-0.15, -0.1) is 4.89 Å². The van der Waals surface area contributed by atoms with Crippen molar-refractivity contribution in [3.05, 3.63) is 29.8 Å². The average Bonchev–Trinajstić information content (AvgIpc) is 2.09. The predicted molar refractivity (Wildman–Crippen MR) is 44.7 cm³/mol. The molecule has 0 heterocycles. The zero-order valence-electron chi connectivity index (χ0n) is 6.56. The third kappa shape index (κ3) is 2.75. The van der Waals surface area contributed by atoms with E-state index in [1.54, 1.807) is 12.1 Å². The molecule has 1 radical (unpaired) electrons. The largest absolute Gasteiger partial charge is 0.445 e. The second-order valence-electron chi connectivity index (χ2n) is 2.23. The van der Waals surface area contributed by atoms with E-state index in [9.17, 15) is 4.89 Å². The minimum Gasteiger partial charge on any atom is -0.424 e. The van der Waals surface area contributed by atoms with E-state index in [0.29, 0.717) is 5.75 Å². The summed E-state index contributed by atoms with van der Waals surface area (Å²) in [6.45, 7) is 1.95. The SMILES string of the molecule is Cc1ccc(OP([O])ON)cc1. The van der Waals surface area contributed by atoms with E-state index < -0.39 is 8.60 Å². The predicted octanol–water partition coefficient (Wildman–Crippen LogP) is 1.92. The molecule has 12 heavy (non-hydrogen) atoms. The fourth-order valence-electron chi connectivity index (χ4n) is 0.707. The van der Waals surface area contributed by atoms with Crippen LogP contribution in [0.3, 0.4) is 0 Å². The van der Waals surface area contributed by atoms with Crippen LogP contribution < -0.4 is 10.4 Å². The van der Waals surface area contributed by atoms with Crippen molar-refractivity contribution in [1.29, 1.82) is 0 Å². The number of benzene rings is 1. The molecule has 0 aromatic heterocycles. The van der Waals surface area contributed by atoms with Crippen LogP contribution in [0.4, 0.5) is 0 Å². The first-order valence-corrected chi connectivity index (χ1v) is 4.40. The molecule has 65 valence electrons. The molecule has 4 nitrogen and oxygen atoms in total. The highest BCUT2D eigenvalue weighted by Crippen LogP contribution is 2.33. The summed E-state index contributed by atoms with van der Waals surface area (Å²) in [7, 11) is -2.24. The first-order chi connectivity index (χ1) is 5.72. The van der Waals surface area contributed by atoms with E-state index in [1.807, 2.05) is 19.1 Å². The molecule has 1 aromatic carbocycles. The third-order valence-electron chi connectivity index (χ3n) is 1.29. The monoisotopic (exact) mass is 186 g/mol. The lowest BCUT2D eigenvalue weighted by molar-refractivity contribution is 0.240. The molecule has 1 aromatic rings. The van der Waals surface area contributed by atoms with Crippen LogP contribution in [0.2, 0.25) is 0 Å². The van der Waals surface area contributed by atoms with E-state index in [0.717, 1.165) is 5.56 Å². The molecule has 0 spiro atoms. The quantitative estimate of drug-likeness (QED) is 0.579. The van der Waals surface area contributed by atoms with E-state index in [4.69, 9.17) is 4.52 Å². The molecule has 0 aliphatic carbocycles. The zero-order chi connectivity index (χ0) is 8.97. The van der Waals surface area contributed by atoms with Gasteiger partial charge in [0.05, 0.1) is 0 Å². The van der Waals surface area contributed by atoms with Crippen molar-refractivity contribution in [1.82, 2.24) is 0 Å². The summed E-state index contributed by atoms with van der Waals surface area (Å²) in [6, 6.07) is 7.08. The number of aryl methyl sites for hydroxylation is 1. The average molecular weight is 186 g/mol. The van der Waals surface area contributed by atoms with Crippen LogP contribution in [0.25, 0.3) is 0 Å². The Hall–Kier alpha value is -0.670. The van der Waals surface area contributed by atoms with E-state index in [1.165, 1.54) is 0 Å². The van der Waals surface area contributed by atoms with Gasteiger partial charge in [-0.2, -0.15) is 0 Å². The van der Waals surface area contributed by atoms with Crippen LogP contribution in [-0.4, -0.2) is 0 Å². The Kier molecular flexibility index (Phi) is 3.44. The molecule has 0 fully saturated rings. The smallest absolute Gasteiger partial charge is 0.424 e. The second kappa shape index (κ2) is 4.38. The lowest BCUT2D eigenvalue weighted by Gasteiger charge is -2.05. The zero-order valence-corrected chi connectivity index (χ0v) is 7.45. The maximum absolute atomic E-state index is 10.6. The highest BCUT2D eigenvalue weighted by molar-refractivity contribution is 7.40. The lowest BCUT2D eigenvalue weighted by Crippen LogP contribution is -1.96. The summed E-state index contributed by atoms with van der Waals surface area (Å²) in [4.78, 5) is 10.6. The molecule has 2 N–H and O–H groups in total. The summed E-state index contributed by atoms with van der Waals surface area (Å²) >= 11 is 0. The van der Waals surface area contributed by atoms with Crippen molar-refractivity contribution in [3.63, 3.8) is 0 Å². The van der Waals surface area contributed by atoms with Crippen LogP contribution in [0.15, 0.2) is 24.3 Å². The first-order valence-electron chi connectivity index (χ1n) is 3.31. The summed E-state index contributed by atoms with van der Waals surface area (Å²) in [6.07, 6.45) is 0. The molecule has 0 aliphatic heterocycles. The second-order valence-corrected chi connectivity index (χ2v) is 3.07. The minimum atomic E-state index is -2.24. The Morgan fingerprint density at radius 2 is 1.92 bits per heavy atom. The van der Waals surface area contributed by atoms with Gasteiger partial charge < -0.3 is 4.52 Å². The number of hydrogen-bond acceptors (Lipinski definition) is 3. The Morgan fingerprint density at radius 1 is 1.33 bits per heavy atom. The number of nitrogens with two attached hydrogens (primary N) is 1. The molecule has 1 rings (SSSR count). The van der Waals surface area contributed by atoms with Gasteiger partial charge in [0, 0.05) is 0 Å². The molecular formula is C7H9NO3P. The van der Waals surface area contributed by atoms with Crippen LogP contribution in [0.1, 0.15) is 5.56 Å². The van der Waals surface area contributed by atoms with Crippen LogP contribution >= 0.6 is 8.60 Å². The van der Waals surface area contributed by atoms with Gasteiger partial charge in [-0.25, -0.2) is 10.5 Å². The fourth-order valence-corrected chi connectivity index (χ4v) is 1.04. The molecule has 0 saturated heterocycles. The fraction of sp³-hybridized carbons (Fsp3) is 0.143. The lowest BCUT2D eigenvalue weighted by atomic mass is 10.2. The molecular weight excluding hydrogens is 177 g/mol. The minimum absolute atomic E-state index is 0.479. The normalized spacial score (nSPS) is 12.6. The number of rotatable bonds is 3. The van der Waals surface area contributed by atoms with Gasteiger partial charge in [0.1, 0.15) is 5.75 Å². The molecule has 0 saturated carbocycles. The van der Waals surface area contributed by atoms with Gasteiger partial charge in [-0.1, -0.05) is 17.7 Å². The van der Waals surface area contributed by atoms with Gasteiger partial charge in [0.2, 0.25) is 0 Å². The highest BCUT2D eigenvalue weighted by Gasteiger charge is 2.08. The first kappa shape index (κ1) is 9.42. The summed E-state index contributed by atoms with van der Waals surface area (Å²) in [5, 5.41) is 0. The van der Waals surface area contributed by atoms with E-state index >= 15 is 0 Å². The molecule has 0 aliphatic rings. The van der Waals surface area contributed by atoms with Gasteiger partial charge in [0.15, 0.2) is 0 Å². The Balaban J connectivity index is 2.58. The standard InChI is InChI=1S/C7H9NO3P/c1-6-2-4-7(5-3-6)10-12(9)11-8/h2-5H,8H2,1H3. The Morgan fingerprint density at radius 3 is 2.42 bits per heavy atom. The molecule has 5 heteroatoms. The van der Waals surface area contributed by atoms with Crippen LogP contribution in [0.5, 0.6) is 5.75 Å². The van der Waals surface area contributed by atoms with Gasteiger partial charge in [-0.3, -0.25) is 0 Å². The molecule has 0 amide bonds. The van der Waals surface area contributed by atoms with Crippen molar-refractivity contribution < 1.29 is 14.0 Å². The molecule has 1 unspecified atom stereocenters. The van der Waals surface area contributed by atoms with Crippen molar-refractivity contribution in [2.45, 2.75) is 6.92 Å².